The minimum atomic E-state index is -0.0111. The lowest BCUT2D eigenvalue weighted by Crippen LogP contribution is -2.33. The fraction of sp³-hybridized carbons (Fsp3) is 0.444. The van der Waals surface area contributed by atoms with Crippen LogP contribution in [0.4, 0.5) is 0 Å². The van der Waals surface area contributed by atoms with Crippen molar-refractivity contribution >= 4 is 5.91 Å². The van der Waals surface area contributed by atoms with Crippen LogP contribution in [0.15, 0.2) is 24.3 Å². The van der Waals surface area contributed by atoms with E-state index in [1.807, 2.05) is 20.9 Å². The molecule has 1 amide bonds. The first-order valence-corrected chi connectivity index (χ1v) is 7.79. The molecule has 1 saturated carbocycles. The minimum Gasteiger partial charge on any atom is -0.351 e. The van der Waals surface area contributed by atoms with Crippen molar-refractivity contribution in [2.24, 2.45) is 7.05 Å². The maximum Gasteiger partial charge on any atom is 0.255 e. The average Bonchev–Trinajstić information content (AvgIpc) is 3.21. The molecule has 3 rings (SSSR count). The Hall–Kier alpha value is -2.10. The molecule has 0 unspecified atom stereocenters. The van der Waals surface area contributed by atoms with Crippen LogP contribution in [0, 0.1) is 20.8 Å². The van der Waals surface area contributed by atoms with Crippen LogP contribution in [0.5, 0.6) is 0 Å². The summed E-state index contributed by atoms with van der Waals surface area (Å²) in [5, 5.41) is 7.45. The summed E-state index contributed by atoms with van der Waals surface area (Å²) in [6.07, 6.45) is 2.28. The van der Waals surface area contributed by atoms with Gasteiger partial charge in [0.05, 0.1) is 11.3 Å². The van der Waals surface area contributed by atoms with Gasteiger partial charge in [-0.3, -0.25) is 9.48 Å². The van der Waals surface area contributed by atoms with Crippen LogP contribution >= 0.6 is 0 Å². The van der Waals surface area contributed by atoms with Crippen molar-refractivity contribution in [3.63, 3.8) is 0 Å². The SMILES string of the molecule is Cc1ccccc1C1(CNC(=O)c2c(C)nn(C)c2C)CC1. The molecule has 0 atom stereocenters. The second kappa shape index (κ2) is 5.27. The molecule has 1 N–H and O–H groups in total. The second-order valence-electron chi connectivity index (χ2n) is 6.45. The van der Waals surface area contributed by atoms with Crippen LogP contribution in [-0.2, 0) is 12.5 Å². The Kier molecular flexibility index (Phi) is 3.55. The zero-order valence-electron chi connectivity index (χ0n) is 13.7. The van der Waals surface area contributed by atoms with E-state index in [9.17, 15) is 4.79 Å². The number of carbonyl (C=O) groups is 1. The maximum atomic E-state index is 12.5. The Balaban J connectivity index is 1.75. The molecule has 1 aliphatic rings. The van der Waals surface area contributed by atoms with E-state index in [1.54, 1.807) is 4.68 Å². The van der Waals surface area contributed by atoms with Gasteiger partial charge in [0.15, 0.2) is 0 Å². The molecular weight excluding hydrogens is 274 g/mol. The first-order valence-electron chi connectivity index (χ1n) is 7.79. The summed E-state index contributed by atoms with van der Waals surface area (Å²) in [7, 11) is 1.87. The zero-order valence-corrected chi connectivity index (χ0v) is 13.7. The van der Waals surface area contributed by atoms with Gasteiger partial charge in [0, 0.05) is 24.7 Å². The average molecular weight is 297 g/mol. The molecular formula is C18H23N3O. The molecule has 1 aliphatic carbocycles. The van der Waals surface area contributed by atoms with Crippen LogP contribution in [0.25, 0.3) is 0 Å². The first-order chi connectivity index (χ1) is 10.4. The highest BCUT2D eigenvalue weighted by atomic mass is 16.1. The van der Waals surface area contributed by atoms with E-state index >= 15 is 0 Å². The minimum absolute atomic E-state index is 0.0111. The van der Waals surface area contributed by atoms with E-state index in [0.29, 0.717) is 12.1 Å². The van der Waals surface area contributed by atoms with Gasteiger partial charge in [0.25, 0.3) is 5.91 Å². The molecule has 4 heteroatoms. The van der Waals surface area contributed by atoms with Crippen LogP contribution in [-0.4, -0.2) is 22.2 Å². The van der Waals surface area contributed by atoms with Gasteiger partial charge >= 0.3 is 0 Å². The second-order valence-corrected chi connectivity index (χ2v) is 6.45. The first kappa shape index (κ1) is 14.8. The smallest absolute Gasteiger partial charge is 0.255 e. The standard InChI is InChI=1S/C18H23N3O/c1-12-7-5-6-8-15(12)18(9-10-18)11-19-17(22)16-13(2)20-21(4)14(16)3/h5-8H,9-11H2,1-4H3,(H,19,22). The van der Waals surface area contributed by atoms with E-state index in [0.717, 1.165) is 24.2 Å². The fourth-order valence-electron chi connectivity index (χ4n) is 3.30. The molecule has 1 aromatic heterocycles. The Morgan fingerprint density at radius 1 is 1.27 bits per heavy atom. The number of benzene rings is 1. The number of hydrogen-bond acceptors (Lipinski definition) is 2. The van der Waals surface area contributed by atoms with Crippen molar-refractivity contribution in [2.45, 2.75) is 39.0 Å². The topological polar surface area (TPSA) is 46.9 Å². The third kappa shape index (κ3) is 2.43. The van der Waals surface area contributed by atoms with Gasteiger partial charge in [0.2, 0.25) is 0 Å². The van der Waals surface area contributed by atoms with Gasteiger partial charge in [-0.1, -0.05) is 24.3 Å². The molecule has 116 valence electrons. The lowest BCUT2D eigenvalue weighted by Gasteiger charge is -2.19. The molecule has 1 heterocycles. The van der Waals surface area contributed by atoms with E-state index < -0.39 is 0 Å². The summed E-state index contributed by atoms with van der Waals surface area (Å²) >= 11 is 0. The van der Waals surface area contributed by atoms with Crippen molar-refractivity contribution in [1.29, 1.82) is 0 Å². The summed E-state index contributed by atoms with van der Waals surface area (Å²) in [5.41, 5.74) is 5.22. The van der Waals surface area contributed by atoms with Gasteiger partial charge in [-0.05, 0) is 44.7 Å². The predicted octanol–water partition coefficient (Wildman–Crippen LogP) is 2.81. The molecule has 0 radical (unpaired) electrons. The van der Waals surface area contributed by atoms with Crippen LogP contribution in [0.1, 0.15) is 45.7 Å². The normalized spacial score (nSPS) is 15.6. The van der Waals surface area contributed by atoms with Gasteiger partial charge < -0.3 is 5.32 Å². The quantitative estimate of drug-likeness (QED) is 0.943. The molecule has 0 bridgehead atoms. The molecule has 2 aromatic rings. The molecule has 22 heavy (non-hydrogen) atoms. The summed E-state index contributed by atoms with van der Waals surface area (Å²) in [6, 6.07) is 8.48. The van der Waals surface area contributed by atoms with Crippen molar-refractivity contribution in [1.82, 2.24) is 15.1 Å². The van der Waals surface area contributed by atoms with Gasteiger partial charge in [-0.25, -0.2) is 0 Å². The highest BCUT2D eigenvalue weighted by Crippen LogP contribution is 2.48. The summed E-state index contributed by atoms with van der Waals surface area (Å²) < 4.78 is 1.76. The van der Waals surface area contributed by atoms with Crippen molar-refractivity contribution < 1.29 is 4.79 Å². The fourth-order valence-corrected chi connectivity index (χ4v) is 3.30. The molecule has 4 nitrogen and oxygen atoms in total. The molecule has 1 aromatic carbocycles. The third-order valence-corrected chi connectivity index (χ3v) is 4.89. The van der Waals surface area contributed by atoms with Crippen molar-refractivity contribution in [3.8, 4) is 0 Å². The van der Waals surface area contributed by atoms with E-state index in [-0.39, 0.29) is 11.3 Å². The lowest BCUT2D eigenvalue weighted by atomic mass is 9.92. The highest BCUT2D eigenvalue weighted by Gasteiger charge is 2.45. The number of rotatable bonds is 4. The van der Waals surface area contributed by atoms with Crippen molar-refractivity contribution in [3.05, 3.63) is 52.3 Å². The number of amides is 1. The van der Waals surface area contributed by atoms with E-state index in [4.69, 9.17) is 0 Å². The number of carbonyl (C=O) groups excluding carboxylic acids is 1. The van der Waals surface area contributed by atoms with E-state index in [1.165, 1.54) is 11.1 Å². The van der Waals surface area contributed by atoms with Crippen LogP contribution in [0.3, 0.4) is 0 Å². The molecule has 0 saturated heterocycles. The van der Waals surface area contributed by atoms with Gasteiger partial charge in [0.1, 0.15) is 0 Å². The molecule has 0 spiro atoms. The monoisotopic (exact) mass is 297 g/mol. The van der Waals surface area contributed by atoms with Crippen LogP contribution < -0.4 is 5.32 Å². The Bertz CT molecular complexity index is 726. The Morgan fingerprint density at radius 3 is 2.50 bits per heavy atom. The maximum absolute atomic E-state index is 12.5. The van der Waals surface area contributed by atoms with Gasteiger partial charge in [-0.2, -0.15) is 5.10 Å². The summed E-state index contributed by atoms with van der Waals surface area (Å²) in [6.45, 7) is 6.66. The zero-order chi connectivity index (χ0) is 15.9. The number of hydrogen-bond donors (Lipinski definition) is 1. The van der Waals surface area contributed by atoms with Crippen LogP contribution in [0.2, 0.25) is 0 Å². The highest BCUT2D eigenvalue weighted by molar-refractivity contribution is 5.96. The molecule has 1 fully saturated rings. The Morgan fingerprint density at radius 2 is 1.95 bits per heavy atom. The number of aryl methyl sites for hydroxylation is 3. The largest absolute Gasteiger partial charge is 0.351 e. The molecule has 0 aliphatic heterocycles. The number of nitrogens with zero attached hydrogens (tertiary/aromatic N) is 2. The number of aromatic nitrogens is 2. The van der Waals surface area contributed by atoms with Crippen molar-refractivity contribution in [2.75, 3.05) is 6.54 Å². The summed E-state index contributed by atoms with van der Waals surface area (Å²) in [4.78, 5) is 12.5. The lowest BCUT2D eigenvalue weighted by molar-refractivity contribution is 0.0948. The third-order valence-electron chi connectivity index (χ3n) is 4.89. The Labute approximate surface area is 131 Å². The van der Waals surface area contributed by atoms with Gasteiger partial charge in [-0.15, -0.1) is 0 Å². The van der Waals surface area contributed by atoms with E-state index in [2.05, 4.69) is 41.6 Å². The number of nitrogens with one attached hydrogen (secondary N) is 1. The summed E-state index contributed by atoms with van der Waals surface area (Å²) in [5.74, 6) is -0.0111. The predicted molar refractivity (Wildman–Crippen MR) is 87.1 cm³/mol.